The maximum Gasteiger partial charge on any atom is 1.00 e. The average Bonchev–Trinajstić information content (AvgIpc) is 1.59. The number of halogens is 1. The summed E-state index contributed by atoms with van der Waals surface area (Å²) < 4.78 is 19.9. The first-order valence-corrected chi connectivity index (χ1v) is 5.65. The van der Waals surface area contributed by atoms with Gasteiger partial charge in [0, 0.05) is 0 Å². The second kappa shape index (κ2) is 4.72. The molecule has 0 amide bonds. The maximum absolute atomic E-state index is 10.0. The molecule has 11 heavy (non-hydrogen) atoms. The number of rotatable bonds is 2. The molecule has 0 bridgehead atoms. The van der Waals surface area contributed by atoms with Gasteiger partial charge in [0.1, 0.15) is 0 Å². The quantitative estimate of drug-likeness (QED) is 0.256. The summed E-state index contributed by atoms with van der Waals surface area (Å²) in [7, 11) is -10.1. The third-order valence-electron chi connectivity index (χ3n) is 0.547. The van der Waals surface area contributed by atoms with Crippen LogP contribution in [0.15, 0.2) is 0 Å². The Balaban J connectivity index is 0. The summed E-state index contributed by atoms with van der Waals surface area (Å²) in [5, 5.41) is 0. The Morgan fingerprint density at radius 3 is 1.55 bits per heavy atom. The van der Waals surface area contributed by atoms with Crippen molar-refractivity contribution in [1.29, 1.82) is 0 Å². The molecule has 3 N–H and O–H groups in total. The molecular formula is CH4ClNaO6P2. The van der Waals surface area contributed by atoms with Gasteiger partial charge in [-0.05, 0) is 0 Å². The summed E-state index contributed by atoms with van der Waals surface area (Å²) in [4.78, 5) is 31.5. The van der Waals surface area contributed by atoms with Crippen molar-refractivity contribution in [2.45, 2.75) is 4.86 Å². The van der Waals surface area contributed by atoms with Crippen LogP contribution in [0.4, 0.5) is 0 Å². The van der Waals surface area contributed by atoms with Crippen LogP contribution in [0.2, 0.25) is 0 Å². The zero-order valence-electron chi connectivity index (χ0n) is 5.42. The van der Waals surface area contributed by atoms with E-state index in [4.69, 9.17) is 14.7 Å². The first-order chi connectivity index (χ1) is 4.15. The van der Waals surface area contributed by atoms with Crippen LogP contribution in [-0.2, 0) is 9.13 Å². The Morgan fingerprint density at radius 1 is 1.27 bits per heavy atom. The van der Waals surface area contributed by atoms with E-state index < -0.39 is 20.1 Å². The van der Waals surface area contributed by atoms with E-state index in [0.29, 0.717) is 0 Å². The van der Waals surface area contributed by atoms with Crippen molar-refractivity contribution in [3.63, 3.8) is 0 Å². The second-order valence-electron chi connectivity index (χ2n) is 1.46. The van der Waals surface area contributed by atoms with Crippen molar-refractivity contribution in [2.75, 3.05) is 0 Å². The van der Waals surface area contributed by atoms with Gasteiger partial charge in [0.2, 0.25) is 0 Å². The van der Waals surface area contributed by atoms with E-state index in [9.17, 15) is 14.0 Å². The summed E-state index contributed by atoms with van der Waals surface area (Å²) in [6.07, 6.45) is 0. The molecule has 0 saturated heterocycles. The molecule has 0 aromatic carbocycles. The Labute approximate surface area is 89.6 Å². The standard InChI is InChI=1S/CH5ClO6P2.Na/c2-1(9(3,4)5)10(6,7)8;/h1H,(H2,3,4,5)(H2,6,7,8);/q;+1/p-1. The van der Waals surface area contributed by atoms with Crippen molar-refractivity contribution < 1.29 is 58.3 Å². The molecule has 0 aliphatic carbocycles. The molecule has 0 aromatic heterocycles. The third kappa shape index (κ3) is 5.77. The fourth-order valence-electron chi connectivity index (χ4n) is 0.190. The molecule has 0 saturated carbocycles. The zero-order valence-corrected chi connectivity index (χ0v) is 9.96. The van der Waals surface area contributed by atoms with Crippen molar-refractivity contribution in [3.05, 3.63) is 0 Å². The van der Waals surface area contributed by atoms with E-state index in [1.54, 1.807) is 0 Å². The molecule has 0 fully saturated rings. The van der Waals surface area contributed by atoms with E-state index >= 15 is 0 Å². The predicted octanol–water partition coefficient (Wildman–Crippen LogP) is -3.76. The van der Waals surface area contributed by atoms with Crippen molar-refractivity contribution >= 4 is 26.8 Å². The average molecular weight is 232 g/mol. The smallest absolute Gasteiger partial charge is 0.777 e. The first-order valence-electron chi connectivity index (χ1n) is 1.88. The Hall–Kier alpha value is 1.59. The van der Waals surface area contributed by atoms with Crippen molar-refractivity contribution in [1.82, 2.24) is 0 Å². The van der Waals surface area contributed by atoms with Gasteiger partial charge in [-0.1, -0.05) is 11.6 Å². The van der Waals surface area contributed by atoms with E-state index in [1.165, 1.54) is 0 Å². The van der Waals surface area contributed by atoms with Gasteiger partial charge in [0.05, 0.1) is 0 Å². The van der Waals surface area contributed by atoms with Gasteiger partial charge in [-0.2, -0.15) is 0 Å². The normalized spacial score (nSPS) is 19.7. The van der Waals surface area contributed by atoms with Gasteiger partial charge < -0.3 is 24.1 Å². The number of hydrogen-bond acceptors (Lipinski definition) is 3. The van der Waals surface area contributed by atoms with E-state index in [-0.39, 0.29) is 29.6 Å². The van der Waals surface area contributed by atoms with E-state index in [2.05, 4.69) is 11.6 Å². The monoisotopic (exact) mass is 232 g/mol. The minimum absolute atomic E-state index is 0. The van der Waals surface area contributed by atoms with Gasteiger partial charge >= 0.3 is 37.2 Å². The van der Waals surface area contributed by atoms with Crippen molar-refractivity contribution in [2.24, 2.45) is 0 Å². The SMILES string of the molecule is O=P([O-])(O)C(Cl)P(=O)(O)O.[Na+]. The molecule has 2 unspecified atom stereocenters. The van der Waals surface area contributed by atoms with Crippen LogP contribution in [0.5, 0.6) is 0 Å². The number of alkyl halides is 1. The summed E-state index contributed by atoms with van der Waals surface area (Å²) in [6, 6.07) is 0. The predicted molar refractivity (Wildman–Crippen MR) is 31.5 cm³/mol. The first kappa shape index (κ1) is 15.1. The molecule has 0 aliphatic heterocycles. The fourth-order valence-corrected chi connectivity index (χ4v) is 1.71. The van der Waals surface area contributed by atoms with Gasteiger partial charge in [0.15, 0.2) is 12.5 Å². The summed E-state index contributed by atoms with van der Waals surface area (Å²) in [5.74, 6) is 0. The molecule has 0 spiro atoms. The molecular weight excluding hydrogens is 228 g/mol. The molecule has 0 radical (unpaired) electrons. The maximum atomic E-state index is 10.0. The summed E-state index contributed by atoms with van der Waals surface area (Å²) >= 11 is 4.64. The van der Waals surface area contributed by atoms with Crippen LogP contribution in [-0.4, -0.2) is 19.5 Å². The van der Waals surface area contributed by atoms with Crippen LogP contribution in [0.1, 0.15) is 0 Å². The fraction of sp³-hybridized carbons (Fsp3) is 1.00. The molecule has 10 heteroatoms. The van der Waals surface area contributed by atoms with Crippen LogP contribution < -0.4 is 34.5 Å². The Morgan fingerprint density at radius 2 is 1.55 bits per heavy atom. The van der Waals surface area contributed by atoms with E-state index in [1.807, 2.05) is 0 Å². The molecule has 2 atom stereocenters. The van der Waals surface area contributed by atoms with Gasteiger partial charge in [-0.25, -0.2) is 0 Å². The second-order valence-corrected chi connectivity index (χ2v) is 6.26. The molecule has 6 nitrogen and oxygen atoms in total. The zero-order chi connectivity index (χ0) is 8.58. The molecule has 0 aliphatic rings. The van der Waals surface area contributed by atoms with Crippen LogP contribution in [0.3, 0.4) is 0 Å². The largest absolute Gasteiger partial charge is 1.00 e. The van der Waals surface area contributed by atoms with Gasteiger partial charge in [-0.15, -0.1) is 0 Å². The molecule has 62 valence electrons. The van der Waals surface area contributed by atoms with Gasteiger partial charge in [-0.3, -0.25) is 4.57 Å². The Bertz CT molecular complexity index is 183. The summed E-state index contributed by atoms with van der Waals surface area (Å²) in [6.45, 7) is 0. The number of hydrogen-bond donors (Lipinski definition) is 3. The van der Waals surface area contributed by atoms with Crippen LogP contribution in [0, 0.1) is 0 Å². The van der Waals surface area contributed by atoms with Crippen molar-refractivity contribution in [3.8, 4) is 0 Å². The minimum Gasteiger partial charge on any atom is -0.777 e. The van der Waals surface area contributed by atoms with E-state index in [0.717, 1.165) is 0 Å². The molecule has 0 rings (SSSR count). The molecule has 0 aromatic rings. The minimum atomic E-state index is -5.13. The van der Waals surface area contributed by atoms with Gasteiger partial charge in [0.25, 0.3) is 0 Å². The summed E-state index contributed by atoms with van der Waals surface area (Å²) in [5.41, 5.74) is 0. The van der Waals surface area contributed by atoms with Crippen LogP contribution in [0.25, 0.3) is 0 Å². The third-order valence-corrected chi connectivity index (χ3v) is 4.92. The molecule has 0 heterocycles. The topological polar surface area (TPSA) is 118 Å². The Kier molecular flexibility index (Phi) is 6.47. The van der Waals surface area contributed by atoms with Crippen LogP contribution >= 0.6 is 26.8 Å².